The van der Waals surface area contributed by atoms with Crippen LogP contribution in [0.15, 0.2) is 55.0 Å². The molecule has 170 valence electrons. The molecule has 4 aromatic rings. The minimum Gasteiger partial charge on any atom is -0.356 e. The minimum absolute atomic E-state index is 0.00216. The zero-order valence-electron chi connectivity index (χ0n) is 17.8. The second-order valence-corrected chi connectivity index (χ2v) is 7.96. The van der Waals surface area contributed by atoms with Crippen LogP contribution in [0.1, 0.15) is 38.1 Å². The van der Waals surface area contributed by atoms with E-state index in [0.29, 0.717) is 5.56 Å². The van der Waals surface area contributed by atoms with Gasteiger partial charge in [0, 0.05) is 43.6 Å². The summed E-state index contributed by atoms with van der Waals surface area (Å²) in [6.07, 6.45) is 4.65. The van der Waals surface area contributed by atoms with E-state index in [0.717, 1.165) is 17.7 Å². The molecular weight excluding hydrogens is 442 g/mol. The Hall–Kier alpha value is -4.52. The maximum absolute atomic E-state index is 14.2. The van der Waals surface area contributed by atoms with Gasteiger partial charge < -0.3 is 19.8 Å². The number of hydrogen-bond donors (Lipinski definition) is 2. The number of nitriles is 1. The van der Waals surface area contributed by atoms with E-state index < -0.39 is 23.6 Å². The van der Waals surface area contributed by atoms with E-state index >= 15 is 0 Å². The average Bonchev–Trinajstić information content (AvgIpc) is 3.54. The Morgan fingerprint density at radius 2 is 1.79 bits per heavy atom. The number of nitrogens with zero attached hydrogens (tertiary/aromatic N) is 4. The summed E-state index contributed by atoms with van der Waals surface area (Å²) in [6.45, 7) is 0.637. The molecule has 10 heteroatoms. The number of benzene rings is 1. The van der Waals surface area contributed by atoms with Crippen LogP contribution in [0.3, 0.4) is 0 Å². The van der Waals surface area contributed by atoms with Crippen LogP contribution >= 0.6 is 0 Å². The van der Waals surface area contributed by atoms with Crippen molar-refractivity contribution in [2.75, 3.05) is 19.6 Å². The number of aromatic amines is 2. The molecule has 0 bridgehead atoms. The second kappa shape index (κ2) is 8.44. The van der Waals surface area contributed by atoms with Crippen molar-refractivity contribution in [2.24, 2.45) is 0 Å². The van der Waals surface area contributed by atoms with Crippen LogP contribution in [0.25, 0.3) is 10.9 Å². The Morgan fingerprint density at radius 1 is 1.03 bits per heavy atom. The van der Waals surface area contributed by atoms with Gasteiger partial charge in [0.2, 0.25) is 0 Å². The van der Waals surface area contributed by atoms with Gasteiger partial charge in [-0.05, 0) is 42.0 Å². The lowest BCUT2D eigenvalue weighted by atomic mass is 10.0. The number of H-pyrrole nitrogens is 2. The van der Waals surface area contributed by atoms with E-state index in [9.17, 15) is 18.4 Å². The van der Waals surface area contributed by atoms with Crippen LogP contribution in [0.4, 0.5) is 8.78 Å². The van der Waals surface area contributed by atoms with Crippen LogP contribution in [-0.4, -0.2) is 56.2 Å². The molecule has 1 fully saturated rings. The number of pyridine rings is 1. The van der Waals surface area contributed by atoms with Gasteiger partial charge in [-0.15, -0.1) is 0 Å². The third kappa shape index (κ3) is 3.67. The zero-order valence-corrected chi connectivity index (χ0v) is 17.8. The molecule has 1 saturated heterocycles. The SMILES string of the molecule is N#Cc1c[nH]c(C(=O)N2CCN(C(=O)c3cc4c(F)ccc(F)c4[nH]3)C(c3ccncc3)C2)c1. The first-order valence-electron chi connectivity index (χ1n) is 10.5. The number of aromatic nitrogens is 3. The molecule has 0 spiro atoms. The molecule has 0 aliphatic carbocycles. The Kier molecular flexibility index (Phi) is 5.30. The molecule has 5 rings (SSSR count). The molecule has 1 aliphatic rings. The highest BCUT2D eigenvalue weighted by atomic mass is 19.1. The summed E-state index contributed by atoms with van der Waals surface area (Å²) in [4.78, 5) is 39.2. The average molecular weight is 460 g/mol. The third-order valence-corrected chi connectivity index (χ3v) is 5.98. The van der Waals surface area contributed by atoms with E-state index in [-0.39, 0.29) is 47.8 Å². The lowest BCUT2D eigenvalue weighted by Crippen LogP contribution is -2.52. The summed E-state index contributed by atoms with van der Waals surface area (Å²) >= 11 is 0. The molecule has 1 aliphatic heterocycles. The summed E-state index contributed by atoms with van der Waals surface area (Å²) in [7, 11) is 0. The molecule has 8 nitrogen and oxygen atoms in total. The molecule has 2 amide bonds. The highest BCUT2D eigenvalue weighted by Gasteiger charge is 2.35. The Morgan fingerprint density at radius 3 is 2.50 bits per heavy atom. The summed E-state index contributed by atoms with van der Waals surface area (Å²) in [5.41, 5.74) is 1.38. The molecule has 1 unspecified atom stereocenters. The van der Waals surface area contributed by atoms with E-state index in [1.54, 1.807) is 34.3 Å². The summed E-state index contributed by atoms with van der Waals surface area (Å²) in [5, 5.41) is 9.03. The molecule has 3 aromatic heterocycles. The fraction of sp³-hybridized carbons (Fsp3) is 0.167. The maximum Gasteiger partial charge on any atom is 0.270 e. The number of carbonyl (C=O) groups is 2. The van der Waals surface area contributed by atoms with Crippen LogP contribution in [0.5, 0.6) is 0 Å². The minimum atomic E-state index is -0.653. The Labute approximate surface area is 192 Å². The summed E-state index contributed by atoms with van der Waals surface area (Å²) < 4.78 is 28.3. The van der Waals surface area contributed by atoms with Crippen LogP contribution in [-0.2, 0) is 0 Å². The molecule has 1 aromatic carbocycles. The predicted octanol–water partition coefficient (Wildman–Crippen LogP) is 3.38. The van der Waals surface area contributed by atoms with Crippen LogP contribution in [0.2, 0.25) is 0 Å². The summed E-state index contributed by atoms with van der Waals surface area (Å²) in [6, 6.07) is 9.78. The molecular formula is C24H18F2N6O2. The number of carbonyl (C=O) groups excluding carboxylic acids is 2. The first-order chi connectivity index (χ1) is 16.5. The van der Waals surface area contributed by atoms with Crippen molar-refractivity contribution in [3.05, 3.63) is 89.1 Å². The van der Waals surface area contributed by atoms with Crippen molar-refractivity contribution in [1.29, 1.82) is 5.26 Å². The number of halogens is 2. The largest absolute Gasteiger partial charge is 0.356 e. The smallest absolute Gasteiger partial charge is 0.270 e. The van der Waals surface area contributed by atoms with Crippen molar-refractivity contribution in [1.82, 2.24) is 24.8 Å². The second-order valence-electron chi connectivity index (χ2n) is 7.96. The van der Waals surface area contributed by atoms with Gasteiger partial charge >= 0.3 is 0 Å². The number of piperazine rings is 1. The van der Waals surface area contributed by atoms with Crippen molar-refractivity contribution in [2.45, 2.75) is 6.04 Å². The molecule has 4 heterocycles. The fourth-order valence-electron chi connectivity index (χ4n) is 4.25. The highest BCUT2D eigenvalue weighted by Crippen LogP contribution is 2.29. The summed E-state index contributed by atoms with van der Waals surface area (Å²) in [5.74, 6) is -2.01. The predicted molar refractivity (Wildman–Crippen MR) is 118 cm³/mol. The molecule has 0 radical (unpaired) electrons. The molecule has 34 heavy (non-hydrogen) atoms. The lowest BCUT2D eigenvalue weighted by molar-refractivity contribution is 0.0378. The highest BCUT2D eigenvalue weighted by molar-refractivity contribution is 5.99. The number of amides is 2. The quantitative estimate of drug-likeness (QED) is 0.489. The topological polar surface area (TPSA) is 109 Å². The van der Waals surface area contributed by atoms with E-state index in [1.807, 2.05) is 6.07 Å². The van der Waals surface area contributed by atoms with Crippen molar-refractivity contribution >= 4 is 22.7 Å². The molecule has 1 atom stereocenters. The van der Waals surface area contributed by atoms with Crippen molar-refractivity contribution in [3.8, 4) is 6.07 Å². The first kappa shape index (κ1) is 21.3. The fourth-order valence-corrected chi connectivity index (χ4v) is 4.25. The van der Waals surface area contributed by atoms with Gasteiger partial charge in [0.25, 0.3) is 11.8 Å². The lowest BCUT2D eigenvalue weighted by Gasteiger charge is -2.41. The van der Waals surface area contributed by atoms with E-state index in [1.165, 1.54) is 18.3 Å². The number of nitrogens with one attached hydrogen (secondary N) is 2. The third-order valence-electron chi connectivity index (χ3n) is 5.98. The van der Waals surface area contributed by atoms with E-state index in [4.69, 9.17) is 5.26 Å². The molecule has 2 N–H and O–H groups in total. The zero-order chi connectivity index (χ0) is 23.8. The number of fused-ring (bicyclic) bond motifs is 1. The maximum atomic E-state index is 14.2. The van der Waals surface area contributed by atoms with Crippen molar-refractivity contribution < 1.29 is 18.4 Å². The van der Waals surface area contributed by atoms with Crippen molar-refractivity contribution in [3.63, 3.8) is 0 Å². The monoisotopic (exact) mass is 460 g/mol. The number of rotatable bonds is 3. The van der Waals surface area contributed by atoms with E-state index in [2.05, 4.69) is 15.0 Å². The van der Waals surface area contributed by atoms with Gasteiger partial charge in [-0.3, -0.25) is 14.6 Å². The van der Waals surface area contributed by atoms with Crippen LogP contribution in [0, 0.1) is 23.0 Å². The van der Waals surface area contributed by atoms with Gasteiger partial charge in [0.1, 0.15) is 29.1 Å². The standard InChI is InChI=1S/C24H18F2N6O2/c25-17-1-2-18(26)22-16(17)10-20(30-22)24(34)32-8-7-31(13-21(32)15-3-5-28-6-4-15)23(33)19-9-14(11-27)12-29-19/h1-6,9-10,12,21,29-30H,7-8,13H2. The van der Waals surface area contributed by atoms with Gasteiger partial charge in [0.05, 0.1) is 17.1 Å². The number of hydrogen-bond acceptors (Lipinski definition) is 4. The van der Waals surface area contributed by atoms with Gasteiger partial charge in [-0.1, -0.05) is 0 Å². The van der Waals surface area contributed by atoms with Gasteiger partial charge in [-0.25, -0.2) is 8.78 Å². The Balaban J connectivity index is 1.47. The Bertz CT molecular complexity index is 1400. The normalized spacial score (nSPS) is 16.0. The van der Waals surface area contributed by atoms with Gasteiger partial charge in [0.15, 0.2) is 0 Å². The first-order valence-corrected chi connectivity index (χ1v) is 10.5. The van der Waals surface area contributed by atoms with Crippen LogP contribution < -0.4 is 0 Å². The molecule has 0 saturated carbocycles. The van der Waals surface area contributed by atoms with Gasteiger partial charge in [-0.2, -0.15) is 5.26 Å².